The highest BCUT2D eigenvalue weighted by atomic mass is 35.5. The van der Waals surface area contributed by atoms with E-state index >= 15 is 4.39 Å². The number of anilines is 3. The molecular weight excluding hydrogens is 511 g/mol. The zero-order valence-electron chi connectivity index (χ0n) is 21.1. The first-order valence-electron chi connectivity index (χ1n) is 11.7. The van der Waals surface area contributed by atoms with Gasteiger partial charge in [-0.15, -0.1) is 11.3 Å². The fraction of sp³-hybridized carbons (Fsp3) is 0.259. The minimum Gasteiger partial charge on any atom is -0.373 e. The molecule has 192 valence electrons. The maximum atomic E-state index is 15.0. The summed E-state index contributed by atoms with van der Waals surface area (Å²) in [6, 6.07) is 13.9. The average Bonchev–Trinajstić information content (AvgIpc) is 3.32. The number of halogens is 2. The third kappa shape index (κ3) is 6.06. The number of nitrogens with two attached hydrogens (primary N) is 1. The predicted octanol–water partition coefficient (Wildman–Crippen LogP) is 6.04. The Hall–Kier alpha value is -3.56. The molecule has 0 bridgehead atoms. The summed E-state index contributed by atoms with van der Waals surface area (Å²) in [7, 11) is 1.91. The Kier molecular flexibility index (Phi) is 7.75. The van der Waals surface area contributed by atoms with Crippen LogP contribution in [0, 0.1) is 5.82 Å². The number of hydrogen-bond donors (Lipinski definition) is 1. The summed E-state index contributed by atoms with van der Waals surface area (Å²) in [6.07, 6.45) is 2.23. The number of aromatic nitrogens is 3. The van der Waals surface area contributed by atoms with E-state index in [2.05, 4.69) is 30.7 Å². The number of nitrogen functional groups attached to an aromatic ring is 1. The van der Waals surface area contributed by atoms with Crippen molar-refractivity contribution < 1.29 is 9.18 Å². The maximum Gasteiger partial charge on any atom is 0.220 e. The van der Waals surface area contributed by atoms with Crippen molar-refractivity contribution in [2.75, 3.05) is 35.7 Å². The monoisotopic (exact) mass is 538 g/mol. The zero-order valence-corrected chi connectivity index (χ0v) is 22.6. The minimum atomic E-state index is -0.488. The lowest BCUT2D eigenvalue weighted by molar-refractivity contribution is -0.107. The van der Waals surface area contributed by atoms with Crippen LogP contribution in [0.3, 0.4) is 0 Å². The number of nitrogens with zero attached hydrogens (tertiary/aromatic N) is 5. The van der Waals surface area contributed by atoms with E-state index in [1.165, 1.54) is 22.3 Å². The van der Waals surface area contributed by atoms with Crippen LogP contribution in [0.1, 0.15) is 25.8 Å². The smallest absolute Gasteiger partial charge is 0.220 e. The summed E-state index contributed by atoms with van der Waals surface area (Å²) in [5, 5.41) is 1.55. The average molecular weight is 539 g/mol. The van der Waals surface area contributed by atoms with Crippen molar-refractivity contribution in [1.29, 1.82) is 0 Å². The Morgan fingerprint density at radius 2 is 1.81 bits per heavy atom. The molecule has 4 rings (SSSR count). The molecule has 0 saturated carbocycles. The molecule has 0 aliphatic carbocycles. The van der Waals surface area contributed by atoms with E-state index in [-0.39, 0.29) is 23.6 Å². The van der Waals surface area contributed by atoms with E-state index in [0.29, 0.717) is 29.4 Å². The van der Waals surface area contributed by atoms with Gasteiger partial charge in [-0.1, -0.05) is 38.4 Å². The number of amides is 1. The van der Waals surface area contributed by atoms with E-state index in [1.54, 1.807) is 36.5 Å². The van der Waals surface area contributed by atoms with Crippen LogP contribution in [0.25, 0.3) is 21.8 Å². The second kappa shape index (κ2) is 10.8. The second-order valence-corrected chi connectivity index (χ2v) is 11.0. The molecule has 0 unspecified atom stereocenters. The van der Waals surface area contributed by atoms with E-state index in [1.807, 2.05) is 24.1 Å². The standard InChI is InChI=1S/C27H28ClFN6OS/c1-27(2,3)25-33-23(21-11-12-31-26(30)32-21)24(37-25)17-5-10-20(29)22(15-17)35(16-36)14-13-34(4)19-8-6-18(28)7-9-19/h5-12,15-16H,13-14H2,1-4H3,(H2,30,31,32). The number of carbonyl (C=O) groups excluding carboxylic acids is 1. The highest BCUT2D eigenvalue weighted by molar-refractivity contribution is 7.15. The van der Waals surface area contributed by atoms with Crippen molar-refractivity contribution in [2.24, 2.45) is 0 Å². The minimum absolute atomic E-state index is 0.144. The van der Waals surface area contributed by atoms with Gasteiger partial charge in [0.1, 0.15) is 11.5 Å². The number of carbonyl (C=O) groups is 1. The maximum absolute atomic E-state index is 15.0. The molecule has 0 fully saturated rings. The second-order valence-electron chi connectivity index (χ2n) is 9.61. The molecule has 37 heavy (non-hydrogen) atoms. The number of benzene rings is 2. The van der Waals surface area contributed by atoms with Crippen LogP contribution in [0.5, 0.6) is 0 Å². The first-order valence-corrected chi connectivity index (χ1v) is 12.8. The fourth-order valence-corrected chi connectivity index (χ4v) is 4.96. The van der Waals surface area contributed by atoms with Gasteiger partial charge in [0.25, 0.3) is 0 Å². The zero-order chi connectivity index (χ0) is 26.7. The number of likely N-dealkylation sites (N-methyl/N-ethyl adjacent to an activating group) is 1. The van der Waals surface area contributed by atoms with Crippen molar-refractivity contribution in [2.45, 2.75) is 26.2 Å². The first-order chi connectivity index (χ1) is 17.6. The molecule has 4 aromatic rings. The highest BCUT2D eigenvalue weighted by Gasteiger charge is 2.25. The van der Waals surface area contributed by atoms with Gasteiger partial charge in [-0.25, -0.2) is 19.3 Å². The van der Waals surface area contributed by atoms with Gasteiger partial charge >= 0.3 is 0 Å². The molecule has 2 aromatic carbocycles. The van der Waals surface area contributed by atoms with Crippen molar-refractivity contribution in [3.8, 4) is 21.8 Å². The molecule has 0 saturated heterocycles. The van der Waals surface area contributed by atoms with Crippen molar-refractivity contribution in [3.05, 3.63) is 70.6 Å². The lowest BCUT2D eigenvalue weighted by atomic mass is 9.98. The first kappa shape index (κ1) is 26.5. The molecule has 2 N–H and O–H groups in total. The van der Waals surface area contributed by atoms with E-state index in [9.17, 15) is 4.79 Å². The molecule has 0 radical (unpaired) electrons. The fourth-order valence-electron chi connectivity index (χ4n) is 3.70. The summed E-state index contributed by atoms with van der Waals surface area (Å²) in [6.45, 7) is 7.01. The van der Waals surface area contributed by atoms with Gasteiger partial charge in [0, 0.05) is 42.5 Å². The third-order valence-electron chi connectivity index (χ3n) is 5.77. The molecule has 2 aromatic heterocycles. The summed E-state index contributed by atoms with van der Waals surface area (Å²) in [4.78, 5) is 29.4. The van der Waals surface area contributed by atoms with Crippen molar-refractivity contribution in [3.63, 3.8) is 0 Å². The molecule has 0 aliphatic heterocycles. The van der Waals surface area contributed by atoms with Gasteiger partial charge in [0.05, 0.1) is 21.3 Å². The molecule has 0 aliphatic rings. The summed E-state index contributed by atoms with van der Waals surface area (Å²) in [5.74, 6) is -0.344. The van der Waals surface area contributed by atoms with Crippen LogP contribution < -0.4 is 15.5 Å². The van der Waals surface area contributed by atoms with Crippen molar-refractivity contribution in [1.82, 2.24) is 15.0 Å². The molecule has 7 nitrogen and oxygen atoms in total. The molecule has 0 spiro atoms. The van der Waals surface area contributed by atoms with Crippen LogP contribution >= 0.6 is 22.9 Å². The Bertz CT molecular complexity index is 1400. The normalized spacial score (nSPS) is 11.4. The lowest BCUT2D eigenvalue weighted by Gasteiger charge is -2.24. The quantitative estimate of drug-likeness (QED) is 0.275. The lowest BCUT2D eigenvalue weighted by Crippen LogP contribution is -2.33. The largest absolute Gasteiger partial charge is 0.373 e. The van der Waals surface area contributed by atoms with Crippen LogP contribution in [-0.4, -0.2) is 41.5 Å². The number of rotatable bonds is 8. The number of thiazole rings is 1. The van der Waals surface area contributed by atoms with Gasteiger partial charge in [0.2, 0.25) is 12.4 Å². The SMILES string of the molecule is CN(CCN(C=O)c1cc(-c2sc(C(C)(C)C)nc2-c2ccnc(N)n2)ccc1F)c1ccc(Cl)cc1. The Morgan fingerprint density at radius 1 is 1.08 bits per heavy atom. The summed E-state index contributed by atoms with van der Waals surface area (Å²) in [5.41, 5.74) is 8.71. The van der Waals surface area contributed by atoms with Crippen LogP contribution in [-0.2, 0) is 10.2 Å². The van der Waals surface area contributed by atoms with Gasteiger partial charge in [-0.3, -0.25) is 4.79 Å². The van der Waals surface area contributed by atoms with Gasteiger partial charge < -0.3 is 15.5 Å². The van der Waals surface area contributed by atoms with E-state index < -0.39 is 5.82 Å². The highest BCUT2D eigenvalue weighted by Crippen LogP contribution is 2.41. The van der Waals surface area contributed by atoms with Crippen LogP contribution in [0.2, 0.25) is 5.02 Å². The van der Waals surface area contributed by atoms with Gasteiger partial charge in [0.15, 0.2) is 0 Å². The Balaban J connectivity index is 1.68. The third-order valence-corrected chi connectivity index (χ3v) is 7.56. The molecule has 1 amide bonds. The molecule has 10 heteroatoms. The number of hydrogen-bond acceptors (Lipinski definition) is 7. The molecule has 0 atom stereocenters. The summed E-state index contributed by atoms with van der Waals surface area (Å²) < 4.78 is 15.0. The topological polar surface area (TPSA) is 88.2 Å². The summed E-state index contributed by atoms with van der Waals surface area (Å²) >= 11 is 7.49. The molecule has 2 heterocycles. The van der Waals surface area contributed by atoms with Crippen molar-refractivity contribution >= 4 is 46.7 Å². The van der Waals surface area contributed by atoms with Crippen LogP contribution in [0.4, 0.5) is 21.7 Å². The van der Waals surface area contributed by atoms with E-state index in [0.717, 1.165) is 21.1 Å². The predicted molar refractivity (Wildman–Crippen MR) is 150 cm³/mol. The Morgan fingerprint density at radius 3 is 2.46 bits per heavy atom. The molecular formula is C27H28ClFN6OS. The van der Waals surface area contributed by atoms with Crippen LogP contribution in [0.15, 0.2) is 54.7 Å². The Labute approximate surface area is 224 Å². The van der Waals surface area contributed by atoms with Gasteiger partial charge in [-0.2, -0.15) is 0 Å². The van der Waals surface area contributed by atoms with E-state index in [4.69, 9.17) is 22.3 Å². The van der Waals surface area contributed by atoms with Gasteiger partial charge in [-0.05, 0) is 48.0 Å².